The molecule has 2 aromatic carbocycles. The van der Waals surface area contributed by atoms with Gasteiger partial charge >= 0.3 is 5.97 Å². The summed E-state index contributed by atoms with van der Waals surface area (Å²) in [6.45, 7) is 2.83. The van der Waals surface area contributed by atoms with E-state index in [1.807, 2.05) is 36.4 Å². The molecule has 35 heavy (non-hydrogen) atoms. The van der Waals surface area contributed by atoms with Gasteiger partial charge in [0.25, 0.3) is 0 Å². The summed E-state index contributed by atoms with van der Waals surface area (Å²) in [7, 11) is -3.64. The number of aromatic nitrogens is 2. The van der Waals surface area contributed by atoms with Crippen molar-refractivity contribution in [3.05, 3.63) is 71.9 Å². The van der Waals surface area contributed by atoms with Gasteiger partial charge < -0.3 is 4.74 Å². The molecular formula is C26H26N4O4S. The van der Waals surface area contributed by atoms with E-state index >= 15 is 0 Å². The summed E-state index contributed by atoms with van der Waals surface area (Å²) in [5, 5.41) is 14.2. The van der Waals surface area contributed by atoms with Crippen molar-refractivity contribution in [2.24, 2.45) is 0 Å². The summed E-state index contributed by atoms with van der Waals surface area (Å²) >= 11 is 0. The van der Waals surface area contributed by atoms with E-state index in [0.717, 1.165) is 24.9 Å². The average Bonchev–Trinajstić information content (AvgIpc) is 3.32. The Bertz CT molecular complexity index is 1380. The van der Waals surface area contributed by atoms with E-state index < -0.39 is 16.0 Å². The van der Waals surface area contributed by atoms with Crippen LogP contribution in [0.2, 0.25) is 0 Å². The maximum atomic E-state index is 13.3. The van der Waals surface area contributed by atoms with Crippen molar-refractivity contribution in [3.63, 3.8) is 0 Å². The smallest absolute Gasteiger partial charge is 0.348 e. The van der Waals surface area contributed by atoms with Gasteiger partial charge in [0.15, 0.2) is 0 Å². The molecule has 0 N–H and O–H groups in total. The molecule has 180 valence electrons. The van der Waals surface area contributed by atoms with Gasteiger partial charge in [-0.1, -0.05) is 36.8 Å². The zero-order valence-electron chi connectivity index (χ0n) is 19.4. The Hall–Kier alpha value is -3.74. The Kier molecular flexibility index (Phi) is 7.44. The van der Waals surface area contributed by atoms with Crippen LogP contribution in [-0.4, -0.2) is 48.2 Å². The predicted octanol–water partition coefficient (Wildman–Crippen LogP) is 4.18. The molecule has 9 heteroatoms. The van der Waals surface area contributed by atoms with Gasteiger partial charge in [-0.2, -0.15) is 14.7 Å². The first-order chi connectivity index (χ1) is 16.9. The fourth-order valence-corrected chi connectivity index (χ4v) is 5.55. The number of nitriles is 1. The van der Waals surface area contributed by atoms with Crippen LogP contribution in [0.5, 0.6) is 0 Å². The monoisotopic (exact) mass is 490 g/mol. The van der Waals surface area contributed by atoms with Gasteiger partial charge in [-0.3, -0.25) is 0 Å². The normalized spacial score (nSPS) is 14.9. The molecule has 0 saturated carbocycles. The molecule has 0 amide bonds. The highest BCUT2D eigenvalue weighted by Crippen LogP contribution is 2.29. The van der Waals surface area contributed by atoms with Crippen LogP contribution in [0, 0.1) is 11.3 Å². The Morgan fingerprint density at radius 1 is 1.11 bits per heavy atom. The Labute approximate surface area is 205 Å². The molecule has 4 rings (SSSR count). The lowest BCUT2D eigenvalue weighted by Gasteiger charge is -2.26. The van der Waals surface area contributed by atoms with Crippen LogP contribution in [0.15, 0.2) is 71.3 Å². The minimum absolute atomic E-state index is 0.143. The van der Waals surface area contributed by atoms with Crippen LogP contribution >= 0.6 is 0 Å². The van der Waals surface area contributed by atoms with Gasteiger partial charge in [0.05, 0.1) is 17.2 Å². The van der Waals surface area contributed by atoms with Gasteiger partial charge in [0, 0.05) is 30.4 Å². The van der Waals surface area contributed by atoms with Crippen molar-refractivity contribution < 1.29 is 17.9 Å². The van der Waals surface area contributed by atoms with Crippen molar-refractivity contribution in [3.8, 4) is 23.0 Å². The molecule has 0 aliphatic carbocycles. The number of carbonyl (C=O) groups excluding carboxylic acids is 1. The molecule has 1 aromatic heterocycles. The number of benzene rings is 2. The highest BCUT2D eigenvalue weighted by molar-refractivity contribution is 7.89. The molecule has 1 saturated heterocycles. The lowest BCUT2D eigenvalue weighted by Crippen LogP contribution is -2.35. The van der Waals surface area contributed by atoms with Crippen LogP contribution in [0.25, 0.3) is 23.0 Å². The summed E-state index contributed by atoms with van der Waals surface area (Å²) in [6.07, 6.45) is 5.85. The maximum absolute atomic E-state index is 13.3. The van der Waals surface area contributed by atoms with Gasteiger partial charge in [0.1, 0.15) is 17.3 Å². The summed E-state index contributed by atoms with van der Waals surface area (Å²) in [5.74, 6) is -0.727. The molecule has 1 aliphatic rings. The molecule has 1 fully saturated rings. The van der Waals surface area contributed by atoms with E-state index in [-0.39, 0.29) is 17.1 Å². The highest BCUT2D eigenvalue weighted by Gasteiger charge is 2.26. The molecule has 0 radical (unpaired) electrons. The van der Waals surface area contributed by atoms with Crippen molar-refractivity contribution in [2.75, 3.05) is 19.7 Å². The highest BCUT2D eigenvalue weighted by atomic mass is 32.2. The topological polar surface area (TPSA) is 105 Å². The number of carbonyl (C=O) groups is 1. The number of esters is 1. The number of hydrogen-bond donors (Lipinski definition) is 0. The fraction of sp³-hybridized carbons (Fsp3) is 0.269. The average molecular weight is 491 g/mol. The second-order valence-corrected chi connectivity index (χ2v) is 10.0. The van der Waals surface area contributed by atoms with E-state index in [0.29, 0.717) is 29.9 Å². The SMILES string of the molecule is CCOC(=O)C(C#N)=Cc1cn(-c2ccccc2)nc1-c1cccc(S(=O)(=O)N2CCCCC2)c1. The first kappa shape index (κ1) is 24.4. The van der Waals surface area contributed by atoms with Crippen molar-refractivity contribution >= 4 is 22.1 Å². The lowest BCUT2D eigenvalue weighted by molar-refractivity contribution is -0.137. The molecule has 2 heterocycles. The van der Waals surface area contributed by atoms with Crippen molar-refractivity contribution in [1.29, 1.82) is 5.26 Å². The van der Waals surface area contributed by atoms with E-state index in [1.54, 1.807) is 42.1 Å². The number of rotatable bonds is 7. The number of hydrogen-bond acceptors (Lipinski definition) is 6. The maximum Gasteiger partial charge on any atom is 0.348 e. The zero-order chi connectivity index (χ0) is 24.8. The third kappa shape index (κ3) is 5.34. The van der Waals surface area contributed by atoms with Crippen LogP contribution in [0.4, 0.5) is 0 Å². The van der Waals surface area contributed by atoms with E-state index in [4.69, 9.17) is 4.74 Å². The molecule has 0 unspecified atom stereocenters. The fourth-order valence-electron chi connectivity index (χ4n) is 3.99. The van der Waals surface area contributed by atoms with Crippen LogP contribution in [-0.2, 0) is 19.6 Å². The molecule has 1 aliphatic heterocycles. The molecular weight excluding hydrogens is 464 g/mol. The Balaban J connectivity index is 1.82. The summed E-state index contributed by atoms with van der Waals surface area (Å²) in [4.78, 5) is 12.4. The van der Waals surface area contributed by atoms with Gasteiger partial charge in [-0.15, -0.1) is 0 Å². The van der Waals surface area contributed by atoms with E-state index in [2.05, 4.69) is 5.10 Å². The van der Waals surface area contributed by atoms with Gasteiger partial charge in [0.2, 0.25) is 10.0 Å². The van der Waals surface area contributed by atoms with Crippen LogP contribution in [0.1, 0.15) is 31.7 Å². The summed E-state index contributed by atoms with van der Waals surface area (Å²) in [5.41, 5.74) is 2.11. The second-order valence-electron chi connectivity index (χ2n) is 8.10. The third-order valence-corrected chi connectivity index (χ3v) is 7.63. The molecule has 0 spiro atoms. The van der Waals surface area contributed by atoms with Crippen molar-refractivity contribution in [1.82, 2.24) is 14.1 Å². The molecule has 8 nitrogen and oxygen atoms in total. The minimum atomic E-state index is -3.64. The Morgan fingerprint density at radius 3 is 2.54 bits per heavy atom. The van der Waals surface area contributed by atoms with E-state index in [9.17, 15) is 18.5 Å². The molecule has 0 atom stereocenters. The number of sulfonamides is 1. The zero-order valence-corrected chi connectivity index (χ0v) is 20.2. The summed E-state index contributed by atoms with van der Waals surface area (Å²) in [6, 6.07) is 17.9. The summed E-state index contributed by atoms with van der Waals surface area (Å²) < 4.78 is 34.7. The number of piperidine rings is 1. The van der Waals surface area contributed by atoms with Gasteiger partial charge in [-0.25, -0.2) is 17.9 Å². The number of ether oxygens (including phenoxy) is 1. The van der Waals surface area contributed by atoms with Crippen molar-refractivity contribution in [2.45, 2.75) is 31.1 Å². The standard InChI is InChI=1S/C26H26N4O4S/c1-2-34-26(31)21(18-27)16-22-19-30(23-11-5-3-6-12-23)28-25(22)20-10-9-13-24(17-20)35(32,33)29-14-7-4-8-15-29/h3,5-6,9-13,16-17,19H,2,4,7-8,14-15H2,1H3. The quantitative estimate of drug-likeness (QED) is 0.279. The third-order valence-electron chi connectivity index (χ3n) is 5.74. The minimum Gasteiger partial charge on any atom is -0.462 e. The molecule has 0 bridgehead atoms. The second kappa shape index (κ2) is 10.7. The van der Waals surface area contributed by atoms with E-state index in [1.165, 1.54) is 10.4 Å². The largest absolute Gasteiger partial charge is 0.462 e. The van der Waals surface area contributed by atoms with Gasteiger partial charge in [-0.05, 0) is 50.1 Å². The lowest BCUT2D eigenvalue weighted by atomic mass is 10.1. The number of nitrogens with zero attached hydrogens (tertiary/aromatic N) is 4. The molecule has 3 aromatic rings. The predicted molar refractivity (Wildman–Crippen MR) is 132 cm³/mol. The Morgan fingerprint density at radius 2 is 1.86 bits per heavy atom. The van der Waals surface area contributed by atoms with Crippen LogP contribution in [0.3, 0.4) is 0 Å². The first-order valence-electron chi connectivity index (χ1n) is 11.5. The first-order valence-corrected chi connectivity index (χ1v) is 12.9. The van der Waals surface area contributed by atoms with Crippen LogP contribution < -0.4 is 0 Å². The number of para-hydroxylation sites is 1.